The summed E-state index contributed by atoms with van der Waals surface area (Å²) in [7, 11) is 1.22. The van der Waals surface area contributed by atoms with Gasteiger partial charge in [-0.3, -0.25) is 9.59 Å². The molecule has 190 valence electrons. The zero-order valence-electron chi connectivity index (χ0n) is 20.6. The second kappa shape index (κ2) is 15.8. The molecule has 1 amide bonds. The molecule has 1 rings (SSSR count). The van der Waals surface area contributed by atoms with Gasteiger partial charge in [0.1, 0.15) is 24.0 Å². The molecule has 0 saturated carbocycles. The maximum Gasteiger partial charge on any atom is 0.408 e. The van der Waals surface area contributed by atoms with Crippen LogP contribution in [0.1, 0.15) is 64.9 Å². The summed E-state index contributed by atoms with van der Waals surface area (Å²) in [6.45, 7) is 6.33. The van der Waals surface area contributed by atoms with E-state index in [1.807, 2.05) is 51.1 Å². The van der Waals surface area contributed by atoms with Gasteiger partial charge in [-0.2, -0.15) is 0 Å². The number of ether oxygens (including phenoxy) is 4. The van der Waals surface area contributed by atoms with Crippen molar-refractivity contribution in [1.82, 2.24) is 5.32 Å². The van der Waals surface area contributed by atoms with Crippen molar-refractivity contribution in [1.29, 1.82) is 0 Å². The monoisotopic (exact) mass is 479 g/mol. The van der Waals surface area contributed by atoms with Crippen LogP contribution in [0.3, 0.4) is 0 Å². The van der Waals surface area contributed by atoms with Gasteiger partial charge >= 0.3 is 18.0 Å². The molecule has 0 radical (unpaired) electrons. The molecular formula is C25H37NO8. The van der Waals surface area contributed by atoms with Crippen LogP contribution in [0, 0.1) is 0 Å². The van der Waals surface area contributed by atoms with Gasteiger partial charge in [-0.15, -0.1) is 0 Å². The lowest BCUT2D eigenvalue weighted by Crippen LogP contribution is -2.42. The molecule has 0 aliphatic rings. The van der Waals surface area contributed by atoms with Crippen LogP contribution >= 0.6 is 0 Å². The van der Waals surface area contributed by atoms with E-state index in [4.69, 9.17) is 18.9 Å². The molecule has 0 aliphatic carbocycles. The summed E-state index contributed by atoms with van der Waals surface area (Å²) in [5.41, 5.74) is 0.318. The molecule has 0 aromatic heterocycles. The molecule has 9 nitrogen and oxygen atoms in total. The van der Waals surface area contributed by atoms with Gasteiger partial charge in [0.15, 0.2) is 0 Å². The second-order valence-corrected chi connectivity index (χ2v) is 8.77. The molecule has 9 heteroatoms. The van der Waals surface area contributed by atoms with Crippen LogP contribution < -0.4 is 5.32 Å². The summed E-state index contributed by atoms with van der Waals surface area (Å²) < 4.78 is 20.5. The van der Waals surface area contributed by atoms with E-state index in [1.54, 1.807) is 0 Å². The van der Waals surface area contributed by atoms with E-state index in [2.05, 4.69) is 5.32 Å². The van der Waals surface area contributed by atoms with Gasteiger partial charge in [-0.25, -0.2) is 9.59 Å². The number of nitrogens with one attached hydrogen (secondary N) is 1. The Morgan fingerprint density at radius 3 is 2.21 bits per heavy atom. The van der Waals surface area contributed by atoms with E-state index in [0.717, 1.165) is 5.56 Å². The Bertz CT molecular complexity index is 773. The number of carbonyl (C=O) groups excluding carboxylic acids is 4. The molecule has 1 atom stereocenters. The number of benzene rings is 1. The summed E-state index contributed by atoms with van der Waals surface area (Å²) in [6.07, 6.45) is 1.12. The fraction of sp³-hybridized carbons (Fsp3) is 0.600. The van der Waals surface area contributed by atoms with Crippen LogP contribution in [0.2, 0.25) is 0 Å². The third kappa shape index (κ3) is 14.3. The third-order valence-corrected chi connectivity index (χ3v) is 4.54. The largest absolute Gasteiger partial charge is 0.467 e. The van der Waals surface area contributed by atoms with E-state index in [1.165, 1.54) is 7.11 Å². The van der Waals surface area contributed by atoms with Crippen molar-refractivity contribution in [2.24, 2.45) is 0 Å². The van der Waals surface area contributed by atoms with Crippen molar-refractivity contribution in [2.75, 3.05) is 20.3 Å². The number of hydrogen-bond acceptors (Lipinski definition) is 8. The molecule has 0 saturated heterocycles. The number of alkyl carbamates (subject to hydrolysis) is 1. The van der Waals surface area contributed by atoms with Crippen molar-refractivity contribution < 1.29 is 38.1 Å². The highest BCUT2D eigenvalue weighted by Gasteiger charge is 2.23. The normalized spacial score (nSPS) is 11.9. The van der Waals surface area contributed by atoms with Gasteiger partial charge in [0.2, 0.25) is 0 Å². The minimum absolute atomic E-state index is 0.0503. The van der Waals surface area contributed by atoms with Crippen LogP contribution in [0.4, 0.5) is 4.79 Å². The topological polar surface area (TPSA) is 117 Å². The lowest BCUT2D eigenvalue weighted by atomic mass is 10.1. The Hall–Kier alpha value is -2.94. The zero-order valence-corrected chi connectivity index (χ0v) is 20.6. The van der Waals surface area contributed by atoms with Crippen molar-refractivity contribution >= 4 is 23.8 Å². The summed E-state index contributed by atoms with van der Waals surface area (Å²) in [6, 6.07) is 8.17. The van der Waals surface area contributed by atoms with Gasteiger partial charge < -0.3 is 24.3 Å². The first-order chi connectivity index (χ1) is 16.1. The number of methoxy groups -OCH3 is 1. The molecule has 0 bridgehead atoms. The minimum Gasteiger partial charge on any atom is -0.467 e. The van der Waals surface area contributed by atoms with Gasteiger partial charge in [0.05, 0.1) is 7.11 Å². The first kappa shape index (κ1) is 29.1. The number of amides is 1. The first-order valence-corrected chi connectivity index (χ1v) is 11.5. The fourth-order valence-corrected chi connectivity index (χ4v) is 2.91. The minimum atomic E-state index is -0.971. The van der Waals surface area contributed by atoms with Crippen LogP contribution in [0.5, 0.6) is 0 Å². The predicted octanol–water partition coefficient (Wildman–Crippen LogP) is 3.72. The highest BCUT2D eigenvalue weighted by molar-refractivity contribution is 5.83. The Balaban J connectivity index is 2.22. The number of ketones is 1. The number of rotatable bonds is 15. The quantitative estimate of drug-likeness (QED) is 0.230. The number of hydrogen-bond donors (Lipinski definition) is 1. The molecule has 1 unspecified atom stereocenters. The molecule has 34 heavy (non-hydrogen) atoms. The number of Topliss-reactive ketones (excluding diaryl/α,β-unsaturated/α-hetero) is 1. The maximum absolute atomic E-state index is 12.2. The maximum atomic E-state index is 12.2. The van der Waals surface area contributed by atoms with Crippen LogP contribution in [0.25, 0.3) is 0 Å². The molecule has 1 aromatic carbocycles. The van der Waals surface area contributed by atoms with E-state index < -0.39 is 23.7 Å². The Morgan fingerprint density at radius 2 is 1.59 bits per heavy atom. The van der Waals surface area contributed by atoms with Gasteiger partial charge in [0.25, 0.3) is 0 Å². The molecule has 0 spiro atoms. The van der Waals surface area contributed by atoms with Crippen molar-refractivity contribution in [3.05, 3.63) is 35.9 Å². The molecule has 1 aromatic rings. The molecular weight excluding hydrogens is 442 g/mol. The summed E-state index contributed by atoms with van der Waals surface area (Å²) in [5, 5.41) is 2.46. The first-order valence-electron chi connectivity index (χ1n) is 11.5. The summed E-state index contributed by atoms with van der Waals surface area (Å²) in [5.74, 6) is -0.951. The lowest BCUT2D eigenvalue weighted by Gasteiger charge is -2.19. The summed E-state index contributed by atoms with van der Waals surface area (Å²) in [4.78, 5) is 47.8. The zero-order chi connectivity index (χ0) is 25.4. The smallest absolute Gasteiger partial charge is 0.408 e. The van der Waals surface area contributed by atoms with Crippen LogP contribution in [-0.4, -0.2) is 55.8 Å². The third-order valence-electron chi connectivity index (χ3n) is 4.54. The number of esters is 2. The average Bonchev–Trinajstić information content (AvgIpc) is 2.78. The van der Waals surface area contributed by atoms with Crippen molar-refractivity contribution in [3.63, 3.8) is 0 Å². The SMILES string of the molecule is COC(=O)C(CCC(=O)CCCOCCCC(=O)OC(C)(C)C)NC(=O)OCc1ccccc1. The number of carbonyl (C=O) groups is 4. The van der Waals surface area contributed by atoms with Crippen molar-refractivity contribution in [2.45, 2.75) is 77.5 Å². The van der Waals surface area contributed by atoms with Gasteiger partial charge in [-0.05, 0) is 45.6 Å². The van der Waals surface area contributed by atoms with E-state index >= 15 is 0 Å². The Labute approximate surface area is 201 Å². The van der Waals surface area contributed by atoms with E-state index in [0.29, 0.717) is 32.5 Å². The van der Waals surface area contributed by atoms with Gasteiger partial charge in [0, 0.05) is 32.5 Å². The molecule has 1 N–H and O–H groups in total. The Morgan fingerprint density at radius 1 is 0.941 bits per heavy atom. The van der Waals surface area contributed by atoms with Crippen LogP contribution in [-0.2, 0) is 39.9 Å². The van der Waals surface area contributed by atoms with Gasteiger partial charge in [-0.1, -0.05) is 30.3 Å². The fourth-order valence-electron chi connectivity index (χ4n) is 2.91. The molecule has 0 aliphatic heterocycles. The molecule has 0 fully saturated rings. The van der Waals surface area contributed by atoms with Crippen LogP contribution in [0.15, 0.2) is 30.3 Å². The highest BCUT2D eigenvalue weighted by atomic mass is 16.6. The predicted molar refractivity (Wildman–Crippen MR) is 125 cm³/mol. The summed E-state index contributed by atoms with van der Waals surface area (Å²) >= 11 is 0. The van der Waals surface area contributed by atoms with Crippen molar-refractivity contribution in [3.8, 4) is 0 Å². The van der Waals surface area contributed by atoms with E-state index in [9.17, 15) is 19.2 Å². The van der Waals surface area contributed by atoms with E-state index in [-0.39, 0.29) is 37.6 Å². The average molecular weight is 480 g/mol. The standard InChI is InChI=1S/C25H37NO8/c1-25(2,3)34-22(28)13-9-17-32-16-8-12-20(27)14-15-21(23(29)31-4)26-24(30)33-18-19-10-6-5-7-11-19/h5-7,10-11,21H,8-9,12-18H2,1-4H3,(H,26,30). The highest BCUT2D eigenvalue weighted by Crippen LogP contribution is 2.10. The second-order valence-electron chi connectivity index (χ2n) is 8.77. The Kier molecular flexibility index (Phi) is 13.5. The lowest BCUT2D eigenvalue weighted by molar-refractivity contribution is -0.155. The molecule has 0 heterocycles.